The van der Waals surface area contributed by atoms with Crippen molar-refractivity contribution in [1.82, 2.24) is 15.5 Å². The highest BCUT2D eigenvalue weighted by molar-refractivity contribution is 4.92. The van der Waals surface area contributed by atoms with Crippen molar-refractivity contribution in [3.05, 3.63) is 12.2 Å². The van der Waals surface area contributed by atoms with Gasteiger partial charge in [0.1, 0.15) is 0 Å². The molecule has 1 unspecified atom stereocenters. The minimum absolute atomic E-state index is 0.0332. The first kappa shape index (κ1) is 12.1. The Kier molecular flexibility index (Phi) is 3.58. The molecule has 1 spiro atoms. The van der Waals surface area contributed by atoms with Crippen molar-refractivity contribution in [3.8, 4) is 0 Å². The van der Waals surface area contributed by atoms with Crippen molar-refractivity contribution in [3.63, 3.8) is 0 Å². The minimum Gasteiger partial charge on any atom is -0.381 e. The third kappa shape index (κ3) is 2.71. The first-order chi connectivity index (χ1) is 8.86. The second kappa shape index (κ2) is 5.34. The molecule has 6 nitrogen and oxygen atoms in total. The zero-order valence-corrected chi connectivity index (χ0v) is 10.4. The van der Waals surface area contributed by atoms with Crippen LogP contribution in [0.3, 0.4) is 0 Å². The van der Waals surface area contributed by atoms with Gasteiger partial charge in [0.2, 0.25) is 6.39 Å². The Morgan fingerprint density at radius 1 is 1.33 bits per heavy atom. The van der Waals surface area contributed by atoms with Gasteiger partial charge in [0.05, 0.1) is 12.1 Å². The number of hydrogen-bond donors (Lipinski definition) is 1. The van der Waals surface area contributed by atoms with Crippen LogP contribution in [0.4, 0.5) is 0 Å². The zero-order valence-electron chi connectivity index (χ0n) is 10.4. The van der Waals surface area contributed by atoms with Crippen molar-refractivity contribution in [2.75, 3.05) is 19.8 Å². The van der Waals surface area contributed by atoms with Crippen LogP contribution in [0.1, 0.15) is 31.5 Å². The maximum atomic E-state index is 6.00. The minimum atomic E-state index is 0.0332. The standard InChI is InChI=1S/C12H19N3O3/c1-4-17-12(2-5-16-6-3-12)7-10(1)13-8-11-14-9-18-15-11/h9-10,13H,1-8H2. The van der Waals surface area contributed by atoms with Gasteiger partial charge in [0.25, 0.3) is 0 Å². The molecule has 2 saturated heterocycles. The van der Waals surface area contributed by atoms with Crippen molar-refractivity contribution < 1.29 is 14.0 Å². The van der Waals surface area contributed by atoms with Crippen LogP contribution >= 0.6 is 0 Å². The maximum Gasteiger partial charge on any atom is 0.213 e. The summed E-state index contributed by atoms with van der Waals surface area (Å²) in [7, 11) is 0. The Balaban J connectivity index is 1.53. The van der Waals surface area contributed by atoms with Crippen LogP contribution < -0.4 is 5.32 Å². The molecule has 3 rings (SSSR count). The van der Waals surface area contributed by atoms with Crippen molar-refractivity contribution in [2.45, 2.75) is 43.9 Å². The summed E-state index contributed by atoms with van der Waals surface area (Å²) >= 11 is 0. The van der Waals surface area contributed by atoms with Crippen LogP contribution in [0.5, 0.6) is 0 Å². The zero-order chi connectivity index (χ0) is 12.3. The summed E-state index contributed by atoms with van der Waals surface area (Å²) in [4.78, 5) is 4.01. The summed E-state index contributed by atoms with van der Waals surface area (Å²) in [6.45, 7) is 3.12. The van der Waals surface area contributed by atoms with E-state index in [0.717, 1.165) is 45.5 Å². The summed E-state index contributed by atoms with van der Waals surface area (Å²) in [5.74, 6) is 0.711. The van der Waals surface area contributed by atoms with E-state index < -0.39 is 0 Å². The fourth-order valence-corrected chi connectivity index (χ4v) is 2.80. The van der Waals surface area contributed by atoms with E-state index in [1.165, 1.54) is 6.39 Å². The van der Waals surface area contributed by atoms with E-state index in [1.807, 2.05) is 0 Å². The van der Waals surface area contributed by atoms with E-state index in [0.29, 0.717) is 18.4 Å². The molecule has 0 radical (unpaired) electrons. The number of rotatable bonds is 3. The number of hydrogen-bond acceptors (Lipinski definition) is 6. The number of aromatic nitrogens is 2. The molecular weight excluding hydrogens is 234 g/mol. The molecule has 100 valence electrons. The van der Waals surface area contributed by atoms with Crippen LogP contribution in [0.25, 0.3) is 0 Å². The van der Waals surface area contributed by atoms with Gasteiger partial charge < -0.3 is 19.3 Å². The largest absolute Gasteiger partial charge is 0.381 e. The fraction of sp³-hybridized carbons (Fsp3) is 0.833. The van der Waals surface area contributed by atoms with Gasteiger partial charge in [0.15, 0.2) is 5.82 Å². The van der Waals surface area contributed by atoms with Gasteiger partial charge in [-0.15, -0.1) is 0 Å². The smallest absolute Gasteiger partial charge is 0.213 e. The molecule has 2 fully saturated rings. The van der Waals surface area contributed by atoms with Gasteiger partial charge in [-0.2, -0.15) is 4.98 Å². The van der Waals surface area contributed by atoms with E-state index in [-0.39, 0.29) is 5.60 Å². The van der Waals surface area contributed by atoms with Gasteiger partial charge >= 0.3 is 0 Å². The third-order valence-electron chi connectivity index (χ3n) is 3.85. The van der Waals surface area contributed by atoms with Crippen LogP contribution in [0, 0.1) is 0 Å². The molecular formula is C12H19N3O3. The van der Waals surface area contributed by atoms with Crippen LogP contribution in [0.15, 0.2) is 10.9 Å². The number of ether oxygens (including phenoxy) is 2. The molecule has 0 aromatic carbocycles. The van der Waals surface area contributed by atoms with Gasteiger partial charge in [0, 0.05) is 25.9 Å². The first-order valence-electron chi connectivity index (χ1n) is 6.57. The predicted molar refractivity (Wildman–Crippen MR) is 62.9 cm³/mol. The SMILES string of the molecule is c1nc(CNC2CCOC3(CCOCC3)C2)no1. The highest BCUT2D eigenvalue weighted by Crippen LogP contribution is 2.34. The van der Waals surface area contributed by atoms with E-state index in [2.05, 4.69) is 15.5 Å². The van der Waals surface area contributed by atoms with Crippen molar-refractivity contribution >= 4 is 0 Å². The molecule has 0 bridgehead atoms. The molecule has 1 aromatic heterocycles. The molecule has 0 aliphatic carbocycles. The molecule has 18 heavy (non-hydrogen) atoms. The lowest BCUT2D eigenvalue weighted by Crippen LogP contribution is -2.49. The summed E-state index contributed by atoms with van der Waals surface area (Å²) in [5.41, 5.74) is 0.0332. The lowest BCUT2D eigenvalue weighted by molar-refractivity contribution is -0.140. The molecule has 3 heterocycles. The number of nitrogens with one attached hydrogen (secondary N) is 1. The van der Waals surface area contributed by atoms with Gasteiger partial charge in [-0.05, 0) is 25.7 Å². The second-order valence-corrected chi connectivity index (χ2v) is 5.06. The molecule has 1 aromatic rings. The van der Waals surface area contributed by atoms with Crippen LogP contribution in [-0.4, -0.2) is 41.6 Å². The molecule has 1 N–H and O–H groups in total. The van der Waals surface area contributed by atoms with E-state index >= 15 is 0 Å². The predicted octanol–water partition coefficient (Wildman–Crippen LogP) is 0.887. The Labute approximate surface area is 106 Å². The quantitative estimate of drug-likeness (QED) is 0.862. The lowest BCUT2D eigenvalue weighted by atomic mass is 9.84. The molecule has 6 heteroatoms. The lowest BCUT2D eigenvalue weighted by Gasteiger charge is -2.43. The van der Waals surface area contributed by atoms with E-state index in [1.54, 1.807) is 0 Å². The highest BCUT2D eigenvalue weighted by Gasteiger charge is 2.38. The first-order valence-corrected chi connectivity index (χ1v) is 6.57. The summed E-state index contributed by atoms with van der Waals surface area (Å²) in [5, 5.41) is 7.29. The fourth-order valence-electron chi connectivity index (χ4n) is 2.80. The third-order valence-corrected chi connectivity index (χ3v) is 3.85. The van der Waals surface area contributed by atoms with E-state index in [9.17, 15) is 0 Å². The van der Waals surface area contributed by atoms with Crippen molar-refractivity contribution in [1.29, 1.82) is 0 Å². The maximum absolute atomic E-state index is 6.00. The summed E-state index contributed by atoms with van der Waals surface area (Å²) in [6.07, 6.45) is 5.47. The second-order valence-electron chi connectivity index (χ2n) is 5.06. The molecule has 0 amide bonds. The Morgan fingerprint density at radius 3 is 3.00 bits per heavy atom. The molecule has 1 atom stereocenters. The summed E-state index contributed by atoms with van der Waals surface area (Å²) < 4.78 is 16.1. The average Bonchev–Trinajstić information content (AvgIpc) is 2.91. The average molecular weight is 253 g/mol. The van der Waals surface area contributed by atoms with Gasteiger partial charge in [-0.25, -0.2) is 0 Å². The molecule has 2 aliphatic heterocycles. The van der Waals surface area contributed by atoms with Crippen molar-refractivity contribution in [2.24, 2.45) is 0 Å². The van der Waals surface area contributed by atoms with Gasteiger partial charge in [-0.3, -0.25) is 0 Å². The molecule has 2 aliphatic rings. The number of nitrogens with zero attached hydrogens (tertiary/aromatic N) is 2. The highest BCUT2D eigenvalue weighted by atomic mass is 16.5. The monoisotopic (exact) mass is 253 g/mol. The topological polar surface area (TPSA) is 69.4 Å². The van der Waals surface area contributed by atoms with Crippen LogP contribution in [0.2, 0.25) is 0 Å². The Morgan fingerprint density at radius 2 is 2.22 bits per heavy atom. The Bertz CT molecular complexity index is 357. The normalized spacial score (nSPS) is 27.4. The van der Waals surface area contributed by atoms with E-state index in [4.69, 9.17) is 14.0 Å². The molecule has 0 saturated carbocycles. The Hall–Kier alpha value is -0.980. The van der Waals surface area contributed by atoms with Crippen LogP contribution in [-0.2, 0) is 16.0 Å². The van der Waals surface area contributed by atoms with Gasteiger partial charge in [-0.1, -0.05) is 5.16 Å². The summed E-state index contributed by atoms with van der Waals surface area (Å²) in [6, 6.07) is 0.468.